The van der Waals surface area contributed by atoms with E-state index >= 15 is 0 Å². The maximum absolute atomic E-state index is 9.82. The Morgan fingerprint density at radius 2 is 1.21 bits per heavy atom. The van der Waals surface area contributed by atoms with Crippen molar-refractivity contribution in [1.82, 2.24) is 0 Å². The first-order valence-electron chi connectivity index (χ1n) is 5.59. The van der Waals surface area contributed by atoms with Crippen LogP contribution in [0.25, 0.3) is 0 Å². The molecular weight excluding hydrogens is 249 g/mol. The van der Waals surface area contributed by atoms with Crippen molar-refractivity contribution >= 4 is 7.32 Å². The van der Waals surface area contributed by atoms with E-state index in [1.807, 2.05) is 0 Å². The zero-order chi connectivity index (χ0) is 15.5. The van der Waals surface area contributed by atoms with Gasteiger partial charge >= 0.3 is 7.32 Å². The third-order valence-corrected chi connectivity index (χ3v) is 1.27. The van der Waals surface area contributed by atoms with Gasteiger partial charge in [-0.15, -0.1) is 0 Å². The molecule has 0 aromatic heterocycles. The summed E-state index contributed by atoms with van der Waals surface area (Å²) < 4.78 is 9.24. The summed E-state index contributed by atoms with van der Waals surface area (Å²) in [5, 5.41) is 27.2. The van der Waals surface area contributed by atoms with Gasteiger partial charge in [0.25, 0.3) is 0 Å². The summed E-state index contributed by atoms with van der Waals surface area (Å²) in [5.74, 6) is -0.153. The van der Waals surface area contributed by atoms with Crippen LogP contribution < -0.4 is 5.02 Å². The van der Waals surface area contributed by atoms with E-state index in [-0.39, 0.29) is 11.5 Å². The summed E-state index contributed by atoms with van der Waals surface area (Å²) in [4.78, 5) is 0. The predicted octanol–water partition coefficient (Wildman–Crippen LogP) is 0.0446. The Balaban J connectivity index is 0. The molecule has 0 fully saturated rings. The van der Waals surface area contributed by atoms with E-state index in [4.69, 9.17) is 10.2 Å². The first kappa shape index (κ1) is 20.1. The molecule has 0 aliphatic rings. The summed E-state index contributed by atoms with van der Waals surface area (Å²) in [6.45, 7) is 0. The van der Waals surface area contributed by atoms with Crippen molar-refractivity contribution < 1.29 is 29.0 Å². The highest BCUT2D eigenvalue weighted by atomic mass is 16.7. The molecule has 7 heteroatoms. The number of phenols is 2. The van der Waals surface area contributed by atoms with Crippen LogP contribution in [0, 0.1) is 0 Å². The average Bonchev–Trinajstić information content (AvgIpc) is 2.30. The quantitative estimate of drug-likeness (QED) is 0.452. The fourth-order valence-corrected chi connectivity index (χ4v) is 0.560. The van der Waals surface area contributed by atoms with Gasteiger partial charge in [-0.1, -0.05) is 12.1 Å². The molecule has 0 atom stereocenters. The second-order valence-electron chi connectivity index (χ2n) is 4.93. The predicted molar refractivity (Wildman–Crippen MR) is 73.5 cm³/mol. The molecule has 0 unspecified atom stereocenters. The highest BCUT2D eigenvalue weighted by Crippen LogP contribution is 2.21. The van der Waals surface area contributed by atoms with Crippen molar-refractivity contribution in [1.29, 1.82) is 0 Å². The Hall–Kier alpha value is -1.28. The standard InChI is InChI=1S/C6H6O2.C4H12N.C2H6BO3/c7-5-3-1-2-4-6(5)8;1-5(2,3)4;1-5-3(4)6-2/h1-4,7-8H;1-4H3;1-2H3/q;+1;-1. The number of phenolic OH excluding ortho intramolecular Hbond substituents is 2. The molecule has 0 aliphatic heterocycles. The minimum absolute atomic E-state index is 0.0764. The van der Waals surface area contributed by atoms with Gasteiger partial charge in [-0.2, -0.15) is 0 Å². The molecule has 0 saturated carbocycles. The second-order valence-corrected chi connectivity index (χ2v) is 4.93. The lowest BCUT2D eigenvalue weighted by molar-refractivity contribution is -0.849. The lowest BCUT2D eigenvalue weighted by Gasteiger charge is -2.14. The van der Waals surface area contributed by atoms with E-state index in [2.05, 4.69) is 37.5 Å². The van der Waals surface area contributed by atoms with E-state index in [0.717, 1.165) is 4.48 Å². The van der Waals surface area contributed by atoms with Gasteiger partial charge in [0.2, 0.25) is 0 Å². The smallest absolute Gasteiger partial charge is 0.344 e. The summed E-state index contributed by atoms with van der Waals surface area (Å²) in [6, 6.07) is 6.15. The zero-order valence-electron chi connectivity index (χ0n) is 12.5. The normalized spacial score (nSPS) is 9.63. The number of rotatable bonds is 2. The molecule has 0 bridgehead atoms. The Bertz CT molecular complexity index is 299. The number of hydrogen-bond acceptors (Lipinski definition) is 5. The molecule has 0 saturated heterocycles. The molecule has 1 aromatic rings. The van der Waals surface area contributed by atoms with E-state index in [1.165, 1.54) is 26.4 Å². The van der Waals surface area contributed by atoms with Gasteiger partial charge in [0.05, 0.1) is 28.2 Å². The first-order chi connectivity index (χ1) is 8.61. The Morgan fingerprint density at radius 1 is 0.947 bits per heavy atom. The van der Waals surface area contributed by atoms with Crippen molar-refractivity contribution in [2.24, 2.45) is 0 Å². The van der Waals surface area contributed by atoms with Gasteiger partial charge in [0.1, 0.15) is 0 Å². The molecule has 1 aromatic carbocycles. The van der Waals surface area contributed by atoms with Gasteiger partial charge in [-0.05, 0) is 12.1 Å². The molecule has 6 nitrogen and oxygen atoms in total. The molecule has 19 heavy (non-hydrogen) atoms. The monoisotopic (exact) mass is 273 g/mol. The van der Waals surface area contributed by atoms with Gasteiger partial charge < -0.3 is 29.0 Å². The van der Waals surface area contributed by atoms with E-state index in [9.17, 15) is 5.02 Å². The van der Waals surface area contributed by atoms with E-state index in [0.29, 0.717) is 0 Å². The first-order valence-corrected chi connectivity index (χ1v) is 5.59. The van der Waals surface area contributed by atoms with Crippen LogP contribution in [-0.4, -0.2) is 64.4 Å². The van der Waals surface area contributed by atoms with Crippen molar-refractivity contribution in [3.05, 3.63) is 24.3 Å². The number of aromatic hydroxyl groups is 2. The summed E-state index contributed by atoms with van der Waals surface area (Å²) in [6.07, 6.45) is 0. The Morgan fingerprint density at radius 3 is 1.32 bits per heavy atom. The minimum atomic E-state index is -1.31. The molecule has 2 N–H and O–H groups in total. The Kier molecular flexibility index (Phi) is 11.2. The second kappa shape index (κ2) is 10.6. The van der Waals surface area contributed by atoms with Crippen LogP contribution in [0.5, 0.6) is 11.5 Å². The fraction of sp³-hybridized carbons (Fsp3) is 0.500. The Labute approximate surface area is 115 Å². The van der Waals surface area contributed by atoms with Crippen molar-refractivity contribution in [3.63, 3.8) is 0 Å². The topological polar surface area (TPSA) is 82.0 Å². The van der Waals surface area contributed by atoms with E-state index in [1.54, 1.807) is 12.1 Å². The summed E-state index contributed by atoms with van der Waals surface area (Å²) in [5.41, 5.74) is 0. The lowest BCUT2D eigenvalue weighted by Crippen LogP contribution is -2.35. The average molecular weight is 273 g/mol. The molecule has 1 rings (SSSR count). The van der Waals surface area contributed by atoms with Crippen molar-refractivity contribution in [2.75, 3.05) is 42.4 Å². The van der Waals surface area contributed by atoms with Crippen molar-refractivity contribution in [3.8, 4) is 11.5 Å². The van der Waals surface area contributed by atoms with Gasteiger partial charge in [0, 0.05) is 14.2 Å². The number of para-hydroxylation sites is 2. The van der Waals surface area contributed by atoms with Crippen LogP contribution in [0.2, 0.25) is 0 Å². The van der Waals surface area contributed by atoms with Crippen LogP contribution >= 0.6 is 0 Å². The number of benzene rings is 1. The fourth-order valence-electron chi connectivity index (χ4n) is 0.560. The minimum Gasteiger partial charge on any atom is -0.832 e. The molecule has 110 valence electrons. The van der Waals surface area contributed by atoms with Crippen LogP contribution in [0.3, 0.4) is 0 Å². The molecule has 0 amide bonds. The number of hydrogen-bond donors (Lipinski definition) is 2. The molecule has 0 spiro atoms. The zero-order valence-corrected chi connectivity index (χ0v) is 12.5. The van der Waals surface area contributed by atoms with Crippen molar-refractivity contribution in [2.45, 2.75) is 0 Å². The van der Waals surface area contributed by atoms with Gasteiger partial charge in [-0.25, -0.2) is 0 Å². The van der Waals surface area contributed by atoms with Crippen LogP contribution in [0.15, 0.2) is 24.3 Å². The van der Waals surface area contributed by atoms with Crippen LogP contribution in [0.1, 0.15) is 0 Å². The molecule has 0 aliphatic carbocycles. The third kappa shape index (κ3) is 19.3. The van der Waals surface area contributed by atoms with Crippen LogP contribution in [0.4, 0.5) is 0 Å². The largest absolute Gasteiger partial charge is 0.832 e. The molecule has 0 radical (unpaired) electrons. The summed E-state index contributed by atoms with van der Waals surface area (Å²) >= 11 is 0. The molecule has 0 heterocycles. The van der Waals surface area contributed by atoms with Gasteiger partial charge in [0.15, 0.2) is 11.5 Å². The third-order valence-electron chi connectivity index (χ3n) is 1.27. The molecular formula is C12H24BNO5. The maximum Gasteiger partial charge on any atom is 0.344 e. The maximum atomic E-state index is 9.82. The highest BCUT2D eigenvalue weighted by Gasteiger charge is 1.90. The lowest BCUT2D eigenvalue weighted by atomic mass is 10.3. The number of nitrogens with zero attached hydrogens (tertiary/aromatic N) is 1. The summed E-state index contributed by atoms with van der Waals surface area (Å²) in [7, 11) is 9.77. The highest BCUT2D eigenvalue weighted by molar-refractivity contribution is 6.32. The van der Waals surface area contributed by atoms with E-state index < -0.39 is 7.32 Å². The van der Waals surface area contributed by atoms with Gasteiger partial charge in [-0.3, -0.25) is 0 Å². The number of quaternary nitrogens is 1. The SMILES string of the molecule is COB([O-])OC.C[N+](C)(C)C.Oc1ccccc1O. The van der Waals surface area contributed by atoms with Crippen LogP contribution in [-0.2, 0) is 9.31 Å².